The van der Waals surface area contributed by atoms with Crippen LogP contribution in [-0.4, -0.2) is 25.8 Å². The zero-order chi connectivity index (χ0) is 13.7. The molecule has 1 heterocycles. The number of benzene rings is 1. The zero-order valence-electron chi connectivity index (χ0n) is 11.2. The lowest BCUT2D eigenvalue weighted by Crippen LogP contribution is -2.32. The van der Waals surface area contributed by atoms with E-state index in [4.69, 9.17) is 4.74 Å². The molecule has 4 heteroatoms. The number of likely N-dealkylation sites (N-methyl/N-ethyl adjacent to an activating group) is 1. The largest absolute Gasteiger partial charge is 0.376 e. The number of alkyl halides is 1. The minimum atomic E-state index is 0.308. The Labute approximate surface area is 123 Å². The number of rotatable bonds is 5. The van der Waals surface area contributed by atoms with Crippen LogP contribution in [0.25, 0.3) is 0 Å². The Morgan fingerprint density at radius 2 is 2.37 bits per heavy atom. The second-order valence-electron chi connectivity index (χ2n) is 4.77. The van der Waals surface area contributed by atoms with Crippen molar-refractivity contribution in [1.29, 1.82) is 5.26 Å². The van der Waals surface area contributed by atoms with E-state index in [0.717, 1.165) is 54.7 Å². The summed E-state index contributed by atoms with van der Waals surface area (Å²) in [7, 11) is 0. The lowest BCUT2D eigenvalue weighted by Gasteiger charge is -2.27. The van der Waals surface area contributed by atoms with E-state index >= 15 is 0 Å². The summed E-state index contributed by atoms with van der Waals surface area (Å²) in [4.78, 5) is 2.24. The molecule has 0 N–H and O–H groups in total. The van der Waals surface area contributed by atoms with Crippen LogP contribution in [0.1, 0.15) is 30.9 Å². The van der Waals surface area contributed by atoms with Crippen molar-refractivity contribution < 1.29 is 4.74 Å². The van der Waals surface area contributed by atoms with Crippen molar-refractivity contribution in [3.05, 3.63) is 29.3 Å². The first-order chi connectivity index (χ1) is 9.28. The number of ether oxygens (including phenoxy) is 1. The lowest BCUT2D eigenvalue weighted by molar-refractivity contribution is 0.115. The van der Waals surface area contributed by atoms with Crippen LogP contribution in [0.15, 0.2) is 18.2 Å². The molecule has 0 radical (unpaired) electrons. The van der Waals surface area contributed by atoms with E-state index in [1.54, 1.807) is 0 Å². The second kappa shape index (κ2) is 6.93. The maximum atomic E-state index is 9.32. The minimum Gasteiger partial charge on any atom is -0.376 e. The molecule has 1 saturated heterocycles. The third-order valence-electron chi connectivity index (χ3n) is 3.51. The molecular weight excluding hydrogens is 304 g/mol. The number of nitriles is 1. The van der Waals surface area contributed by atoms with Crippen molar-refractivity contribution in [1.82, 2.24) is 0 Å². The van der Waals surface area contributed by atoms with E-state index < -0.39 is 0 Å². The van der Waals surface area contributed by atoms with Crippen LogP contribution in [-0.2, 0) is 10.1 Å². The molecule has 102 valence electrons. The van der Waals surface area contributed by atoms with Gasteiger partial charge in [0.2, 0.25) is 0 Å². The quantitative estimate of drug-likeness (QED) is 0.779. The molecule has 0 amide bonds. The molecule has 1 aliphatic rings. The first kappa shape index (κ1) is 14.4. The van der Waals surface area contributed by atoms with Crippen LogP contribution in [0, 0.1) is 11.3 Å². The van der Waals surface area contributed by atoms with Gasteiger partial charge in [0.25, 0.3) is 0 Å². The van der Waals surface area contributed by atoms with Gasteiger partial charge in [0.05, 0.1) is 17.4 Å². The van der Waals surface area contributed by atoms with E-state index in [1.165, 1.54) is 0 Å². The molecule has 0 saturated carbocycles. The first-order valence-corrected chi connectivity index (χ1v) is 7.86. The van der Waals surface area contributed by atoms with Gasteiger partial charge < -0.3 is 9.64 Å². The SMILES string of the molecule is CCN(CC1CCCO1)c1ccc(CBr)cc1C#N. The molecule has 0 aliphatic carbocycles. The highest BCUT2D eigenvalue weighted by molar-refractivity contribution is 9.08. The van der Waals surface area contributed by atoms with Crippen molar-refractivity contribution in [3.8, 4) is 6.07 Å². The average molecular weight is 323 g/mol. The van der Waals surface area contributed by atoms with Crippen molar-refractivity contribution in [2.45, 2.75) is 31.2 Å². The van der Waals surface area contributed by atoms with Crippen molar-refractivity contribution in [2.75, 3.05) is 24.6 Å². The number of halogens is 1. The number of nitrogens with zero attached hydrogens (tertiary/aromatic N) is 2. The molecule has 1 aliphatic heterocycles. The fourth-order valence-electron chi connectivity index (χ4n) is 2.46. The minimum absolute atomic E-state index is 0.308. The molecule has 0 bridgehead atoms. The normalized spacial score (nSPS) is 18.3. The predicted octanol–water partition coefficient (Wildman–Crippen LogP) is 3.46. The van der Waals surface area contributed by atoms with Crippen LogP contribution < -0.4 is 4.90 Å². The Hall–Kier alpha value is -1.05. The summed E-state index contributed by atoms with van der Waals surface area (Å²) in [5.41, 5.74) is 2.90. The van der Waals surface area contributed by atoms with Gasteiger partial charge in [-0.25, -0.2) is 0 Å². The third-order valence-corrected chi connectivity index (χ3v) is 4.15. The Balaban J connectivity index is 2.19. The summed E-state index contributed by atoms with van der Waals surface area (Å²) >= 11 is 3.43. The summed E-state index contributed by atoms with van der Waals surface area (Å²) in [6.07, 6.45) is 2.58. The van der Waals surface area contributed by atoms with Gasteiger partial charge in [-0.3, -0.25) is 0 Å². The van der Waals surface area contributed by atoms with E-state index in [2.05, 4.69) is 39.9 Å². The van der Waals surface area contributed by atoms with Gasteiger partial charge in [0, 0.05) is 25.0 Å². The molecule has 0 aromatic heterocycles. The molecule has 0 spiro atoms. The predicted molar refractivity (Wildman–Crippen MR) is 80.6 cm³/mol. The van der Waals surface area contributed by atoms with Crippen LogP contribution >= 0.6 is 15.9 Å². The molecule has 1 fully saturated rings. The van der Waals surface area contributed by atoms with Crippen LogP contribution in [0.3, 0.4) is 0 Å². The maximum absolute atomic E-state index is 9.32. The average Bonchev–Trinajstić information content (AvgIpc) is 2.97. The zero-order valence-corrected chi connectivity index (χ0v) is 12.8. The molecule has 19 heavy (non-hydrogen) atoms. The Kier molecular flexibility index (Phi) is 5.24. The van der Waals surface area contributed by atoms with Gasteiger partial charge in [-0.2, -0.15) is 5.26 Å². The van der Waals surface area contributed by atoms with E-state index in [1.807, 2.05) is 12.1 Å². The number of anilines is 1. The highest BCUT2D eigenvalue weighted by atomic mass is 79.9. The van der Waals surface area contributed by atoms with Crippen LogP contribution in [0.5, 0.6) is 0 Å². The third kappa shape index (κ3) is 3.49. The van der Waals surface area contributed by atoms with Gasteiger partial charge in [0.15, 0.2) is 0 Å². The highest BCUT2D eigenvalue weighted by Crippen LogP contribution is 2.24. The van der Waals surface area contributed by atoms with Gasteiger partial charge >= 0.3 is 0 Å². The summed E-state index contributed by atoms with van der Waals surface area (Å²) in [6.45, 7) is 4.76. The summed E-state index contributed by atoms with van der Waals surface area (Å²) < 4.78 is 5.69. The first-order valence-electron chi connectivity index (χ1n) is 6.74. The molecule has 1 atom stereocenters. The highest BCUT2D eigenvalue weighted by Gasteiger charge is 2.20. The second-order valence-corrected chi connectivity index (χ2v) is 5.33. The van der Waals surface area contributed by atoms with Gasteiger partial charge in [-0.15, -0.1) is 0 Å². The number of hydrogen-bond acceptors (Lipinski definition) is 3. The van der Waals surface area contributed by atoms with Crippen LogP contribution in [0.4, 0.5) is 5.69 Å². The topological polar surface area (TPSA) is 36.3 Å². The van der Waals surface area contributed by atoms with E-state index in [9.17, 15) is 5.26 Å². The van der Waals surface area contributed by atoms with Gasteiger partial charge in [-0.1, -0.05) is 22.0 Å². The molecular formula is C15H19BrN2O. The van der Waals surface area contributed by atoms with Crippen molar-refractivity contribution in [2.24, 2.45) is 0 Å². The maximum Gasteiger partial charge on any atom is 0.101 e. The van der Waals surface area contributed by atoms with Gasteiger partial charge in [0.1, 0.15) is 6.07 Å². The van der Waals surface area contributed by atoms with Gasteiger partial charge in [-0.05, 0) is 37.5 Å². The smallest absolute Gasteiger partial charge is 0.101 e. The van der Waals surface area contributed by atoms with Crippen LogP contribution in [0.2, 0.25) is 0 Å². The van der Waals surface area contributed by atoms with E-state index in [0.29, 0.717) is 6.10 Å². The lowest BCUT2D eigenvalue weighted by atomic mass is 10.1. The molecule has 1 aromatic rings. The standard InChI is InChI=1S/C15H19BrN2O/c1-2-18(11-14-4-3-7-19-14)15-6-5-12(9-16)8-13(15)10-17/h5-6,8,14H,2-4,7,9,11H2,1H3. The molecule has 2 rings (SSSR count). The summed E-state index contributed by atoms with van der Waals surface area (Å²) in [5.74, 6) is 0. The fourth-order valence-corrected chi connectivity index (χ4v) is 2.81. The summed E-state index contributed by atoms with van der Waals surface area (Å²) in [5, 5.41) is 10.1. The Bertz CT molecular complexity index is 464. The van der Waals surface area contributed by atoms with E-state index in [-0.39, 0.29) is 0 Å². The molecule has 3 nitrogen and oxygen atoms in total. The monoisotopic (exact) mass is 322 g/mol. The van der Waals surface area contributed by atoms with Crippen molar-refractivity contribution >= 4 is 21.6 Å². The fraction of sp³-hybridized carbons (Fsp3) is 0.533. The number of hydrogen-bond donors (Lipinski definition) is 0. The summed E-state index contributed by atoms with van der Waals surface area (Å²) in [6, 6.07) is 8.39. The Morgan fingerprint density at radius 1 is 1.53 bits per heavy atom. The van der Waals surface area contributed by atoms with Crippen molar-refractivity contribution in [3.63, 3.8) is 0 Å². The Morgan fingerprint density at radius 3 is 2.95 bits per heavy atom. The molecule has 1 unspecified atom stereocenters. The molecule has 1 aromatic carbocycles.